The molecule has 1 rings (SSSR count). The molecule has 0 heterocycles. The van der Waals surface area contributed by atoms with E-state index in [0.717, 1.165) is 25.7 Å². The molecule has 0 aliphatic carbocycles. The summed E-state index contributed by atoms with van der Waals surface area (Å²) in [6.07, 6.45) is 3.59. The largest absolute Gasteiger partial charge is 0.380 e. The molecule has 0 aliphatic heterocycles. The maximum Gasteiger partial charge on any atom is 0.253 e. The van der Waals surface area contributed by atoms with Gasteiger partial charge in [-0.2, -0.15) is 0 Å². The Morgan fingerprint density at radius 1 is 0.722 bits per heavy atom. The number of nitrogens with one attached hydrogen (secondary N) is 2. The van der Waals surface area contributed by atoms with Crippen LogP contribution >= 0.6 is 0 Å². The molecule has 0 atom stereocenters. The predicted molar refractivity (Wildman–Crippen MR) is 74.9 cm³/mol. The first-order valence-corrected chi connectivity index (χ1v) is 6.43. The normalized spacial score (nSPS) is 10.8. The van der Waals surface area contributed by atoms with E-state index in [0.29, 0.717) is 37.6 Å². The van der Waals surface area contributed by atoms with Gasteiger partial charge in [-0.25, -0.2) is 0 Å². The minimum absolute atomic E-state index is 0.421. The van der Waals surface area contributed by atoms with Gasteiger partial charge in [-0.15, -0.1) is 0 Å². The molecule has 0 amide bonds. The Labute approximate surface area is 106 Å². The van der Waals surface area contributed by atoms with E-state index < -0.39 is 10.9 Å². The van der Waals surface area contributed by atoms with Crippen LogP contribution in [0.15, 0.2) is 9.59 Å². The Balaban J connectivity index is 2.40. The number of anilines is 2. The quantitative estimate of drug-likeness (QED) is 0.333. The van der Waals surface area contributed by atoms with Crippen molar-refractivity contribution < 1.29 is 0 Å². The van der Waals surface area contributed by atoms with E-state index in [9.17, 15) is 9.59 Å². The van der Waals surface area contributed by atoms with Gasteiger partial charge in [-0.05, 0) is 38.8 Å². The SMILES string of the molecule is NCCCCNc1c(NCCCCN)c(=O)c1=O. The van der Waals surface area contributed by atoms with Crippen molar-refractivity contribution in [2.75, 3.05) is 36.8 Å². The second-order valence-electron chi connectivity index (χ2n) is 4.25. The van der Waals surface area contributed by atoms with Crippen molar-refractivity contribution in [1.29, 1.82) is 0 Å². The molecule has 1 aromatic carbocycles. The molecule has 0 bridgehead atoms. The summed E-state index contributed by atoms with van der Waals surface area (Å²) in [6, 6.07) is 0. The van der Waals surface area contributed by atoms with Gasteiger partial charge in [0.25, 0.3) is 10.9 Å². The van der Waals surface area contributed by atoms with E-state index in [4.69, 9.17) is 11.5 Å². The molecule has 6 nitrogen and oxygen atoms in total. The lowest BCUT2D eigenvalue weighted by Crippen LogP contribution is -2.37. The van der Waals surface area contributed by atoms with Gasteiger partial charge in [0.1, 0.15) is 11.4 Å². The summed E-state index contributed by atoms with van der Waals surface area (Å²) >= 11 is 0. The van der Waals surface area contributed by atoms with Gasteiger partial charge in [-0.3, -0.25) is 9.59 Å². The minimum Gasteiger partial charge on any atom is -0.380 e. The van der Waals surface area contributed by atoms with Crippen LogP contribution in [0.1, 0.15) is 25.7 Å². The summed E-state index contributed by atoms with van der Waals surface area (Å²) in [5.74, 6) is 0. The third-order valence-electron chi connectivity index (χ3n) is 2.78. The molecule has 0 spiro atoms. The summed E-state index contributed by atoms with van der Waals surface area (Å²) in [6.45, 7) is 2.61. The highest BCUT2D eigenvalue weighted by Crippen LogP contribution is 2.14. The van der Waals surface area contributed by atoms with Crippen LogP contribution in [0, 0.1) is 0 Å². The molecule has 0 aliphatic rings. The smallest absolute Gasteiger partial charge is 0.253 e. The highest BCUT2D eigenvalue weighted by molar-refractivity contribution is 5.73. The zero-order valence-corrected chi connectivity index (χ0v) is 10.6. The lowest BCUT2D eigenvalue weighted by molar-refractivity contribution is 0.768. The third-order valence-corrected chi connectivity index (χ3v) is 2.78. The number of rotatable bonds is 10. The average molecular weight is 254 g/mol. The summed E-state index contributed by atoms with van der Waals surface area (Å²) in [5, 5.41) is 5.98. The summed E-state index contributed by atoms with van der Waals surface area (Å²) < 4.78 is 0. The van der Waals surface area contributed by atoms with E-state index in [2.05, 4.69) is 10.6 Å². The third kappa shape index (κ3) is 3.82. The van der Waals surface area contributed by atoms with Crippen molar-refractivity contribution in [3.05, 3.63) is 20.4 Å². The van der Waals surface area contributed by atoms with Crippen molar-refractivity contribution in [3.63, 3.8) is 0 Å². The highest BCUT2D eigenvalue weighted by Gasteiger charge is 2.19. The standard InChI is InChI=1S/C12H22N4O2/c13-5-1-3-7-15-9-10(12(18)11(9)17)16-8-4-2-6-14/h15-16H,1-8,13-14H2. The number of nitrogens with two attached hydrogens (primary N) is 2. The van der Waals surface area contributed by atoms with Crippen LogP contribution in [0.3, 0.4) is 0 Å². The number of hydrogen-bond donors (Lipinski definition) is 4. The summed E-state index contributed by atoms with van der Waals surface area (Å²) in [7, 11) is 0. The Morgan fingerprint density at radius 3 is 1.44 bits per heavy atom. The number of unbranched alkanes of at least 4 members (excludes halogenated alkanes) is 2. The topological polar surface area (TPSA) is 110 Å². The van der Waals surface area contributed by atoms with Gasteiger partial charge in [0.05, 0.1) is 0 Å². The molecule has 6 heteroatoms. The molecule has 102 valence electrons. The molecule has 0 fully saturated rings. The molecule has 18 heavy (non-hydrogen) atoms. The van der Waals surface area contributed by atoms with Gasteiger partial charge in [-0.1, -0.05) is 0 Å². The van der Waals surface area contributed by atoms with Crippen LogP contribution < -0.4 is 33.0 Å². The van der Waals surface area contributed by atoms with E-state index in [1.807, 2.05) is 0 Å². The molecular formula is C12H22N4O2. The Morgan fingerprint density at radius 2 is 1.11 bits per heavy atom. The first kappa shape index (κ1) is 14.7. The molecular weight excluding hydrogens is 232 g/mol. The second kappa shape index (κ2) is 7.84. The van der Waals surface area contributed by atoms with Gasteiger partial charge in [0, 0.05) is 13.1 Å². The minimum atomic E-state index is -0.427. The second-order valence-corrected chi connectivity index (χ2v) is 4.25. The lowest BCUT2D eigenvalue weighted by atomic mass is 10.1. The van der Waals surface area contributed by atoms with Crippen LogP contribution in [0.4, 0.5) is 11.4 Å². The van der Waals surface area contributed by atoms with Gasteiger partial charge in [0.2, 0.25) is 0 Å². The molecule has 0 unspecified atom stereocenters. The molecule has 6 N–H and O–H groups in total. The maximum atomic E-state index is 11.4. The van der Waals surface area contributed by atoms with Crippen molar-refractivity contribution in [2.24, 2.45) is 11.5 Å². The first-order chi connectivity index (χ1) is 8.72. The zero-order chi connectivity index (χ0) is 13.4. The van der Waals surface area contributed by atoms with Crippen molar-refractivity contribution in [2.45, 2.75) is 25.7 Å². The predicted octanol–water partition coefficient (Wildman–Crippen LogP) is -0.416. The van der Waals surface area contributed by atoms with Crippen molar-refractivity contribution >= 4 is 11.4 Å². The molecule has 0 radical (unpaired) electrons. The van der Waals surface area contributed by atoms with E-state index in [-0.39, 0.29) is 0 Å². The van der Waals surface area contributed by atoms with E-state index >= 15 is 0 Å². The highest BCUT2D eigenvalue weighted by atomic mass is 16.2. The average Bonchev–Trinajstić information content (AvgIpc) is 2.39. The van der Waals surface area contributed by atoms with Crippen molar-refractivity contribution in [1.82, 2.24) is 0 Å². The van der Waals surface area contributed by atoms with Crippen LogP contribution in [-0.2, 0) is 0 Å². The first-order valence-electron chi connectivity index (χ1n) is 6.43. The van der Waals surface area contributed by atoms with Gasteiger partial charge < -0.3 is 22.1 Å². The van der Waals surface area contributed by atoms with Crippen LogP contribution in [-0.4, -0.2) is 26.2 Å². The van der Waals surface area contributed by atoms with Crippen LogP contribution in [0.5, 0.6) is 0 Å². The van der Waals surface area contributed by atoms with Crippen LogP contribution in [0.2, 0.25) is 0 Å². The zero-order valence-electron chi connectivity index (χ0n) is 10.6. The van der Waals surface area contributed by atoms with E-state index in [1.54, 1.807) is 0 Å². The molecule has 0 saturated carbocycles. The van der Waals surface area contributed by atoms with Crippen LogP contribution in [0.25, 0.3) is 0 Å². The molecule has 0 aromatic heterocycles. The molecule has 1 aromatic rings. The Kier molecular flexibility index (Phi) is 6.38. The summed E-state index contributed by atoms with van der Waals surface area (Å²) in [5.41, 5.74) is 10.7. The maximum absolute atomic E-state index is 11.4. The van der Waals surface area contributed by atoms with Crippen molar-refractivity contribution in [3.8, 4) is 0 Å². The van der Waals surface area contributed by atoms with Gasteiger partial charge >= 0.3 is 0 Å². The monoisotopic (exact) mass is 254 g/mol. The Hall–Kier alpha value is -1.40. The lowest BCUT2D eigenvalue weighted by Gasteiger charge is -2.14. The summed E-state index contributed by atoms with van der Waals surface area (Å²) in [4.78, 5) is 22.7. The fraction of sp³-hybridized carbons (Fsp3) is 0.667. The van der Waals surface area contributed by atoms with E-state index in [1.165, 1.54) is 0 Å². The van der Waals surface area contributed by atoms with Gasteiger partial charge in [0.15, 0.2) is 0 Å². The fourth-order valence-electron chi connectivity index (χ4n) is 1.69. The molecule has 0 saturated heterocycles. The Bertz CT molecular complexity index is 384. The number of hydrogen-bond acceptors (Lipinski definition) is 6. The fourth-order valence-corrected chi connectivity index (χ4v) is 1.69.